The number of aryl methyl sites for hydroxylation is 1. The summed E-state index contributed by atoms with van der Waals surface area (Å²) in [6.45, 7) is 7.72. The van der Waals surface area contributed by atoms with Gasteiger partial charge in [0, 0.05) is 32.7 Å². The number of piperazine rings is 1. The lowest BCUT2D eigenvalue weighted by Crippen LogP contribution is -2.43. The zero-order valence-electron chi connectivity index (χ0n) is 12.6. The standard InChI is InChI=1S/C16H25N3O/c1-12-9-15(17)16(20-14-3-4-14)10-13(12)11-19-7-5-18(2)6-8-19/h9-10,14H,3-8,11,17H2,1-2H3. The number of likely N-dealkylation sites (N-methyl/N-ethyl adjacent to an activating group) is 1. The predicted molar refractivity (Wildman–Crippen MR) is 82.0 cm³/mol. The zero-order valence-corrected chi connectivity index (χ0v) is 12.6. The van der Waals surface area contributed by atoms with E-state index in [0.29, 0.717) is 6.10 Å². The van der Waals surface area contributed by atoms with E-state index < -0.39 is 0 Å². The third kappa shape index (κ3) is 3.25. The smallest absolute Gasteiger partial charge is 0.142 e. The average molecular weight is 275 g/mol. The van der Waals surface area contributed by atoms with Crippen molar-refractivity contribution in [1.82, 2.24) is 9.80 Å². The van der Waals surface area contributed by atoms with E-state index in [4.69, 9.17) is 10.5 Å². The van der Waals surface area contributed by atoms with Gasteiger partial charge in [0.05, 0.1) is 11.8 Å². The number of rotatable bonds is 4. The molecule has 20 heavy (non-hydrogen) atoms. The minimum atomic E-state index is 0.400. The van der Waals surface area contributed by atoms with Crippen LogP contribution in [0.4, 0.5) is 5.69 Å². The maximum Gasteiger partial charge on any atom is 0.142 e. The molecular formula is C16H25N3O. The molecule has 1 aromatic rings. The van der Waals surface area contributed by atoms with Crippen molar-refractivity contribution < 1.29 is 4.74 Å². The lowest BCUT2D eigenvalue weighted by Gasteiger charge is -2.32. The van der Waals surface area contributed by atoms with Gasteiger partial charge in [0.1, 0.15) is 5.75 Å². The number of hydrogen-bond donors (Lipinski definition) is 1. The largest absolute Gasteiger partial charge is 0.488 e. The van der Waals surface area contributed by atoms with Crippen LogP contribution >= 0.6 is 0 Å². The average Bonchev–Trinajstić information content (AvgIpc) is 3.22. The first-order chi connectivity index (χ1) is 9.61. The molecule has 2 aliphatic rings. The Labute approximate surface area is 121 Å². The van der Waals surface area contributed by atoms with Crippen LogP contribution in [0.5, 0.6) is 5.75 Å². The SMILES string of the molecule is Cc1cc(N)c(OC2CC2)cc1CN1CCN(C)CC1. The van der Waals surface area contributed by atoms with Gasteiger partial charge in [-0.25, -0.2) is 0 Å². The number of nitrogens with zero attached hydrogens (tertiary/aromatic N) is 2. The molecule has 1 aliphatic carbocycles. The first-order valence-corrected chi connectivity index (χ1v) is 7.58. The normalized spacial score (nSPS) is 21.1. The monoisotopic (exact) mass is 275 g/mol. The molecule has 3 rings (SSSR count). The first kappa shape index (κ1) is 13.7. The summed E-state index contributed by atoms with van der Waals surface area (Å²) in [5, 5.41) is 0. The summed E-state index contributed by atoms with van der Waals surface area (Å²) in [5.74, 6) is 0.877. The van der Waals surface area contributed by atoms with Crippen molar-refractivity contribution >= 4 is 5.69 Å². The van der Waals surface area contributed by atoms with Gasteiger partial charge >= 0.3 is 0 Å². The molecule has 1 saturated heterocycles. The lowest BCUT2D eigenvalue weighted by molar-refractivity contribution is 0.148. The highest BCUT2D eigenvalue weighted by Crippen LogP contribution is 2.33. The van der Waals surface area contributed by atoms with Crippen LogP contribution < -0.4 is 10.5 Å². The van der Waals surface area contributed by atoms with Gasteiger partial charge in [-0.15, -0.1) is 0 Å². The van der Waals surface area contributed by atoms with E-state index in [-0.39, 0.29) is 0 Å². The summed E-state index contributed by atoms with van der Waals surface area (Å²) in [6, 6.07) is 4.21. The molecule has 1 saturated carbocycles. The number of nitrogen functional groups attached to an aromatic ring is 1. The Hall–Kier alpha value is -1.26. The van der Waals surface area contributed by atoms with Crippen LogP contribution in [0.15, 0.2) is 12.1 Å². The third-order valence-corrected chi connectivity index (χ3v) is 4.28. The Morgan fingerprint density at radius 2 is 1.90 bits per heavy atom. The highest BCUT2D eigenvalue weighted by molar-refractivity contribution is 5.57. The molecule has 1 heterocycles. The molecule has 0 aromatic heterocycles. The van der Waals surface area contributed by atoms with Crippen molar-refractivity contribution in [2.75, 3.05) is 39.0 Å². The fraction of sp³-hybridized carbons (Fsp3) is 0.625. The summed E-state index contributed by atoms with van der Waals surface area (Å²) in [7, 11) is 2.19. The molecule has 0 unspecified atom stereocenters. The number of anilines is 1. The lowest BCUT2D eigenvalue weighted by atomic mass is 10.1. The molecule has 4 nitrogen and oxygen atoms in total. The zero-order chi connectivity index (χ0) is 14.1. The van der Waals surface area contributed by atoms with Crippen molar-refractivity contribution in [2.24, 2.45) is 0 Å². The minimum Gasteiger partial charge on any atom is -0.488 e. The number of nitrogens with two attached hydrogens (primary N) is 1. The van der Waals surface area contributed by atoms with Gasteiger partial charge < -0.3 is 15.4 Å². The number of benzene rings is 1. The predicted octanol–water partition coefficient (Wildman–Crippen LogP) is 1.87. The molecule has 1 aromatic carbocycles. The highest BCUT2D eigenvalue weighted by atomic mass is 16.5. The number of ether oxygens (including phenoxy) is 1. The highest BCUT2D eigenvalue weighted by Gasteiger charge is 2.25. The van der Waals surface area contributed by atoms with E-state index in [1.54, 1.807) is 0 Å². The third-order valence-electron chi connectivity index (χ3n) is 4.28. The second-order valence-electron chi connectivity index (χ2n) is 6.21. The van der Waals surface area contributed by atoms with Gasteiger partial charge in [0.2, 0.25) is 0 Å². The summed E-state index contributed by atoms with van der Waals surface area (Å²) >= 11 is 0. The van der Waals surface area contributed by atoms with Crippen LogP contribution in [0, 0.1) is 6.92 Å². The van der Waals surface area contributed by atoms with Gasteiger partial charge in [-0.1, -0.05) is 0 Å². The van der Waals surface area contributed by atoms with Crippen LogP contribution in [-0.2, 0) is 6.54 Å². The maximum atomic E-state index is 6.07. The van der Waals surface area contributed by atoms with Crippen LogP contribution in [-0.4, -0.2) is 49.1 Å². The minimum absolute atomic E-state index is 0.400. The van der Waals surface area contributed by atoms with Crippen LogP contribution in [0.1, 0.15) is 24.0 Å². The van der Waals surface area contributed by atoms with Gasteiger partial charge in [0.25, 0.3) is 0 Å². The van der Waals surface area contributed by atoms with Crippen molar-refractivity contribution in [3.05, 3.63) is 23.3 Å². The molecule has 1 aliphatic heterocycles. The second kappa shape index (κ2) is 5.62. The van der Waals surface area contributed by atoms with E-state index >= 15 is 0 Å². The fourth-order valence-corrected chi connectivity index (χ4v) is 2.64. The van der Waals surface area contributed by atoms with Crippen LogP contribution in [0.3, 0.4) is 0 Å². The molecular weight excluding hydrogens is 250 g/mol. The molecule has 0 spiro atoms. The van der Waals surface area contributed by atoms with Crippen molar-refractivity contribution in [2.45, 2.75) is 32.4 Å². The van der Waals surface area contributed by atoms with Gasteiger partial charge in [-0.05, 0) is 50.1 Å². The van der Waals surface area contributed by atoms with Crippen molar-refractivity contribution in [3.8, 4) is 5.75 Å². The van der Waals surface area contributed by atoms with Crippen molar-refractivity contribution in [3.63, 3.8) is 0 Å². The molecule has 0 amide bonds. The molecule has 2 fully saturated rings. The summed E-state index contributed by atoms with van der Waals surface area (Å²) in [6.07, 6.45) is 2.74. The van der Waals surface area contributed by atoms with Crippen LogP contribution in [0.25, 0.3) is 0 Å². The van der Waals surface area contributed by atoms with E-state index in [9.17, 15) is 0 Å². The summed E-state index contributed by atoms with van der Waals surface area (Å²) in [5.41, 5.74) is 9.46. The van der Waals surface area contributed by atoms with E-state index in [0.717, 1.165) is 44.2 Å². The van der Waals surface area contributed by atoms with Crippen molar-refractivity contribution in [1.29, 1.82) is 0 Å². The first-order valence-electron chi connectivity index (χ1n) is 7.58. The van der Waals surface area contributed by atoms with Gasteiger partial charge in [0.15, 0.2) is 0 Å². The number of hydrogen-bond acceptors (Lipinski definition) is 4. The molecule has 110 valence electrons. The van der Waals surface area contributed by atoms with Gasteiger partial charge in [-0.2, -0.15) is 0 Å². The summed E-state index contributed by atoms with van der Waals surface area (Å²) in [4.78, 5) is 4.90. The second-order valence-corrected chi connectivity index (χ2v) is 6.21. The Morgan fingerprint density at radius 3 is 2.55 bits per heavy atom. The summed E-state index contributed by atoms with van der Waals surface area (Å²) < 4.78 is 5.91. The van der Waals surface area contributed by atoms with E-state index in [1.165, 1.54) is 24.0 Å². The molecule has 0 bridgehead atoms. The maximum absolute atomic E-state index is 6.07. The Morgan fingerprint density at radius 1 is 1.20 bits per heavy atom. The topological polar surface area (TPSA) is 41.7 Å². The molecule has 4 heteroatoms. The fourth-order valence-electron chi connectivity index (χ4n) is 2.64. The molecule has 0 radical (unpaired) electrons. The Kier molecular flexibility index (Phi) is 3.85. The Bertz CT molecular complexity index is 477. The Balaban J connectivity index is 1.71. The van der Waals surface area contributed by atoms with Gasteiger partial charge in [-0.3, -0.25) is 4.90 Å². The quantitative estimate of drug-likeness (QED) is 0.852. The van der Waals surface area contributed by atoms with E-state index in [2.05, 4.69) is 35.9 Å². The molecule has 2 N–H and O–H groups in total. The van der Waals surface area contributed by atoms with Crippen LogP contribution in [0.2, 0.25) is 0 Å². The molecule has 0 atom stereocenters. The van der Waals surface area contributed by atoms with E-state index in [1.807, 2.05) is 0 Å².